The first-order valence-electron chi connectivity index (χ1n) is 4.79. The summed E-state index contributed by atoms with van der Waals surface area (Å²) in [7, 11) is 1.92. The maximum absolute atomic E-state index is 8.91. The second-order valence-electron chi connectivity index (χ2n) is 3.75. The van der Waals surface area contributed by atoms with Gasteiger partial charge in [0.25, 0.3) is 0 Å². The summed E-state index contributed by atoms with van der Waals surface area (Å²) in [4.78, 5) is 0. The van der Waals surface area contributed by atoms with E-state index in [4.69, 9.17) is 5.11 Å². The molecule has 1 aromatic heterocycles. The summed E-state index contributed by atoms with van der Waals surface area (Å²) in [6.45, 7) is -0.0197. The molecular weight excluding hydrogens is 166 g/mol. The molecule has 2 rings (SSSR count). The van der Waals surface area contributed by atoms with Crippen LogP contribution >= 0.6 is 0 Å². The third-order valence-electron chi connectivity index (χ3n) is 2.89. The minimum Gasteiger partial charge on any atom is -0.388 e. The van der Waals surface area contributed by atoms with Crippen molar-refractivity contribution in [3.05, 3.63) is 11.6 Å². The summed E-state index contributed by atoms with van der Waals surface area (Å²) in [5.41, 5.74) is 0. The van der Waals surface area contributed by atoms with E-state index in [-0.39, 0.29) is 6.61 Å². The molecule has 1 heterocycles. The first-order valence-corrected chi connectivity index (χ1v) is 4.79. The zero-order chi connectivity index (χ0) is 9.26. The molecule has 0 radical (unpaired) electrons. The Morgan fingerprint density at radius 3 is 2.54 bits per heavy atom. The lowest BCUT2D eigenvalue weighted by Crippen LogP contribution is -2.16. The molecule has 72 valence electrons. The normalized spacial score (nSPS) is 17.4. The molecule has 0 spiro atoms. The van der Waals surface area contributed by atoms with Crippen LogP contribution in [-0.2, 0) is 20.1 Å². The van der Waals surface area contributed by atoms with E-state index in [0.29, 0.717) is 5.82 Å². The quantitative estimate of drug-likeness (QED) is 0.745. The van der Waals surface area contributed by atoms with E-state index in [9.17, 15) is 0 Å². The zero-order valence-corrected chi connectivity index (χ0v) is 7.90. The standard InChI is InChI=1S/C9H15N3O/c1-12-8(5-7-3-2-4-7)10-11-9(12)6-13/h7,13H,2-6H2,1H3. The van der Waals surface area contributed by atoms with Gasteiger partial charge in [-0.3, -0.25) is 0 Å². The van der Waals surface area contributed by atoms with Gasteiger partial charge in [0.2, 0.25) is 0 Å². The van der Waals surface area contributed by atoms with E-state index in [1.807, 2.05) is 11.6 Å². The second kappa shape index (κ2) is 3.46. The Kier molecular flexibility index (Phi) is 2.31. The van der Waals surface area contributed by atoms with Crippen LogP contribution < -0.4 is 0 Å². The van der Waals surface area contributed by atoms with Crippen LogP contribution in [-0.4, -0.2) is 19.9 Å². The van der Waals surface area contributed by atoms with Crippen molar-refractivity contribution in [2.24, 2.45) is 13.0 Å². The van der Waals surface area contributed by atoms with Gasteiger partial charge in [0.1, 0.15) is 12.4 Å². The molecule has 0 aliphatic heterocycles. The van der Waals surface area contributed by atoms with E-state index in [2.05, 4.69) is 10.2 Å². The SMILES string of the molecule is Cn1c(CO)nnc1CC1CCC1. The van der Waals surface area contributed by atoms with E-state index >= 15 is 0 Å². The largest absolute Gasteiger partial charge is 0.388 e. The molecule has 0 saturated heterocycles. The third-order valence-corrected chi connectivity index (χ3v) is 2.89. The lowest BCUT2D eigenvalue weighted by Gasteiger charge is -2.24. The molecule has 1 aliphatic rings. The Balaban J connectivity index is 2.06. The topological polar surface area (TPSA) is 50.9 Å². The van der Waals surface area contributed by atoms with Crippen LogP contribution in [0.25, 0.3) is 0 Å². The van der Waals surface area contributed by atoms with Crippen molar-refractivity contribution < 1.29 is 5.11 Å². The minimum atomic E-state index is -0.0197. The Labute approximate surface area is 77.6 Å². The van der Waals surface area contributed by atoms with Crippen LogP contribution in [0.15, 0.2) is 0 Å². The van der Waals surface area contributed by atoms with Crippen molar-refractivity contribution in [3.63, 3.8) is 0 Å². The number of hydrogen-bond donors (Lipinski definition) is 1. The lowest BCUT2D eigenvalue weighted by molar-refractivity contribution is 0.265. The van der Waals surface area contributed by atoms with Gasteiger partial charge < -0.3 is 9.67 Å². The molecular formula is C9H15N3O. The summed E-state index contributed by atoms with van der Waals surface area (Å²) in [5, 5.41) is 16.9. The average Bonchev–Trinajstić information content (AvgIpc) is 2.40. The summed E-state index contributed by atoms with van der Waals surface area (Å²) in [5.74, 6) is 2.47. The van der Waals surface area contributed by atoms with Gasteiger partial charge in [-0.15, -0.1) is 10.2 Å². The zero-order valence-electron chi connectivity index (χ0n) is 7.90. The summed E-state index contributed by atoms with van der Waals surface area (Å²) < 4.78 is 1.90. The minimum absolute atomic E-state index is 0.0197. The van der Waals surface area contributed by atoms with Crippen molar-refractivity contribution in [1.29, 1.82) is 0 Å². The van der Waals surface area contributed by atoms with Crippen LogP contribution in [0.2, 0.25) is 0 Å². The van der Waals surface area contributed by atoms with E-state index in [1.165, 1.54) is 19.3 Å². The molecule has 0 amide bonds. The smallest absolute Gasteiger partial charge is 0.158 e. The predicted octanol–water partition coefficient (Wildman–Crippen LogP) is 0.650. The Morgan fingerprint density at radius 1 is 1.38 bits per heavy atom. The van der Waals surface area contributed by atoms with Gasteiger partial charge in [0.15, 0.2) is 5.82 Å². The number of rotatable bonds is 3. The van der Waals surface area contributed by atoms with Crippen molar-refractivity contribution in [2.75, 3.05) is 0 Å². The van der Waals surface area contributed by atoms with Crippen LogP contribution in [0.3, 0.4) is 0 Å². The van der Waals surface area contributed by atoms with E-state index in [1.54, 1.807) is 0 Å². The predicted molar refractivity (Wildman–Crippen MR) is 48.0 cm³/mol. The molecule has 1 N–H and O–H groups in total. The number of hydrogen-bond acceptors (Lipinski definition) is 3. The fourth-order valence-corrected chi connectivity index (χ4v) is 1.67. The molecule has 4 heteroatoms. The highest BCUT2D eigenvalue weighted by Gasteiger charge is 2.20. The van der Waals surface area contributed by atoms with Crippen molar-refractivity contribution in [3.8, 4) is 0 Å². The molecule has 0 aromatic carbocycles. The molecule has 1 aliphatic carbocycles. The number of aliphatic hydroxyl groups is 1. The maximum atomic E-state index is 8.91. The molecule has 1 fully saturated rings. The van der Waals surface area contributed by atoms with Crippen LogP contribution in [0, 0.1) is 5.92 Å². The maximum Gasteiger partial charge on any atom is 0.158 e. The fourth-order valence-electron chi connectivity index (χ4n) is 1.67. The lowest BCUT2D eigenvalue weighted by atomic mass is 9.83. The molecule has 0 atom stereocenters. The number of nitrogens with zero attached hydrogens (tertiary/aromatic N) is 3. The molecule has 13 heavy (non-hydrogen) atoms. The molecule has 1 saturated carbocycles. The molecule has 0 bridgehead atoms. The van der Waals surface area contributed by atoms with E-state index in [0.717, 1.165) is 18.2 Å². The highest BCUT2D eigenvalue weighted by molar-refractivity contribution is 4.96. The Hall–Kier alpha value is -0.900. The van der Waals surface area contributed by atoms with Gasteiger partial charge in [-0.25, -0.2) is 0 Å². The third kappa shape index (κ3) is 1.58. The second-order valence-corrected chi connectivity index (χ2v) is 3.75. The van der Waals surface area contributed by atoms with Gasteiger partial charge in [-0.1, -0.05) is 19.3 Å². The van der Waals surface area contributed by atoms with Gasteiger partial charge >= 0.3 is 0 Å². The van der Waals surface area contributed by atoms with Crippen LogP contribution in [0.5, 0.6) is 0 Å². The number of aromatic nitrogens is 3. The first-order chi connectivity index (χ1) is 6.31. The van der Waals surface area contributed by atoms with Crippen LogP contribution in [0.4, 0.5) is 0 Å². The van der Waals surface area contributed by atoms with Crippen molar-refractivity contribution in [1.82, 2.24) is 14.8 Å². The summed E-state index contributed by atoms with van der Waals surface area (Å²) in [6.07, 6.45) is 5.02. The van der Waals surface area contributed by atoms with Crippen LogP contribution in [0.1, 0.15) is 30.9 Å². The number of aliphatic hydroxyl groups excluding tert-OH is 1. The van der Waals surface area contributed by atoms with Gasteiger partial charge in [-0.2, -0.15) is 0 Å². The summed E-state index contributed by atoms with van der Waals surface area (Å²) in [6, 6.07) is 0. The monoisotopic (exact) mass is 181 g/mol. The van der Waals surface area contributed by atoms with Gasteiger partial charge in [0, 0.05) is 13.5 Å². The first kappa shape index (κ1) is 8.69. The van der Waals surface area contributed by atoms with E-state index < -0.39 is 0 Å². The van der Waals surface area contributed by atoms with Gasteiger partial charge in [-0.05, 0) is 5.92 Å². The fraction of sp³-hybridized carbons (Fsp3) is 0.778. The highest BCUT2D eigenvalue weighted by Crippen LogP contribution is 2.29. The molecule has 1 aromatic rings. The van der Waals surface area contributed by atoms with Crippen molar-refractivity contribution >= 4 is 0 Å². The van der Waals surface area contributed by atoms with Crippen molar-refractivity contribution in [2.45, 2.75) is 32.3 Å². The van der Waals surface area contributed by atoms with Gasteiger partial charge in [0.05, 0.1) is 0 Å². The molecule has 0 unspecified atom stereocenters. The summed E-state index contributed by atoms with van der Waals surface area (Å²) >= 11 is 0. The Bertz CT molecular complexity index is 291. The average molecular weight is 181 g/mol. The highest BCUT2D eigenvalue weighted by atomic mass is 16.3. The molecule has 4 nitrogen and oxygen atoms in total. The Morgan fingerprint density at radius 2 is 2.08 bits per heavy atom.